The van der Waals surface area contributed by atoms with Crippen LogP contribution in [0.3, 0.4) is 0 Å². The van der Waals surface area contributed by atoms with E-state index in [1.54, 1.807) is 6.20 Å². The molecule has 1 aliphatic heterocycles. The number of aromatic nitrogens is 1. The van der Waals surface area contributed by atoms with E-state index in [4.69, 9.17) is 4.74 Å². The van der Waals surface area contributed by atoms with Crippen LogP contribution in [0.5, 0.6) is 0 Å². The molecule has 1 aliphatic rings. The lowest BCUT2D eigenvalue weighted by Crippen LogP contribution is -2.46. The van der Waals surface area contributed by atoms with Crippen LogP contribution in [0.1, 0.15) is 43.6 Å². The first-order valence-electron chi connectivity index (χ1n) is 7.66. The molecule has 0 bridgehead atoms. The summed E-state index contributed by atoms with van der Waals surface area (Å²) in [7, 11) is 1.38. The maximum atomic E-state index is 11.6. The normalized spacial score (nSPS) is 18.6. The molecule has 116 valence electrons. The van der Waals surface area contributed by atoms with Gasteiger partial charge in [0.1, 0.15) is 5.69 Å². The fourth-order valence-corrected chi connectivity index (χ4v) is 2.75. The minimum absolute atomic E-state index is 0.359. The van der Waals surface area contributed by atoms with Crippen molar-refractivity contribution in [3.05, 3.63) is 24.0 Å². The summed E-state index contributed by atoms with van der Waals surface area (Å²) in [6.45, 7) is 6.38. The molecule has 2 rings (SSSR count). The molecule has 2 heterocycles. The van der Waals surface area contributed by atoms with E-state index in [0.29, 0.717) is 17.8 Å². The Morgan fingerprint density at radius 3 is 2.95 bits per heavy atom. The maximum absolute atomic E-state index is 11.6. The molecule has 0 aromatic carbocycles. The Bertz CT molecular complexity index is 470. The number of hydrogen-bond donors (Lipinski definition) is 1. The van der Waals surface area contributed by atoms with Crippen molar-refractivity contribution >= 4 is 11.7 Å². The van der Waals surface area contributed by atoms with Crippen molar-refractivity contribution in [3.8, 4) is 0 Å². The Labute approximate surface area is 126 Å². The van der Waals surface area contributed by atoms with Gasteiger partial charge in [0.05, 0.1) is 7.11 Å². The van der Waals surface area contributed by atoms with Crippen molar-refractivity contribution in [2.75, 3.05) is 25.1 Å². The molecule has 1 atom stereocenters. The molecular weight excluding hydrogens is 266 g/mol. The molecule has 0 amide bonds. The van der Waals surface area contributed by atoms with E-state index >= 15 is 0 Å². The lowest BCUT2D eigenvalue weighted by atomic mass is 10.0. The summed E-state index contributed by atoms with van der Waals surface area (Å²) in [5, 5.41) is 3.57. The van der Waals surface area contributed by atoms with Gasteiger partial charge in [0.15, 0.2) is 0 Å². The summed E-state index contributed by atoms with van der Waals surface area (Å²) in [5.41, 5.74) is 1.38. The van der Waals surface area contributed by atoms with Gasteiger partial charge in [-0.3, -0.25) is 0 Å². The molecule has 0 saturated carbocycles. The van der Waals surface area contributed by atoms with Crippen molar-refractivity contribution in [1.29, 1.82) is 0 Å². The first-order chi connectivity index (χ1) is 10.1. The quantitative estimate of drug-likeness (QED) is 0.843. The zero-order chi connectivity index (χ0) is 15.2. The SMILES string of the molecule is COC(=O)c1cc(N(CC2CCCCN2)C(C)C)ccn1. The monoisotopic (exact) mass is 291 g/mol. The molecule has 0 spiro atoms. The molecule has 1 N–H and O–H groups in total. The van der Waals surface area contributed by atoms with Crippen LogP contribution in [-0.2, 0) is 4.74 Å². The van der Waals surface area contributed by atoms with Crippen LogP contribution in [0.4, 0.5) is 5.69 Å². The van der Waals surface area contributed by atoms with E-state index in [0.717, 1.165) is 18.8 Å². The summed E-state index contributed by atoms with van der Waals surface area (Å²) in [5.74, 6) is -0.392. The molecular formula is C16H25N3O2. The molecule has 1 saturated heterocycles. The topological polar surface area (TPSA) is 54.5 Å². The van der Waals surface area contributed by atoms with Gasteiger partial charge in [-0.05, 0) is 45.4 Å². The predicted molar refractivity (Wildman–Crippen MR) is 83.7 cm³/mol. The van der Waals surface area contributed by atoms with Gasteiger partial charge >= 0.3 is 5.97 Å². The number of piperidine rings is 1. The Kier molecular flexibility index (Phi) is 5.56. The summed E-state index contributed by atoms with van der Waals surface area (Å²) >= 11 is 0. The van der Waals surface area contributed by atoms with Crippen LogP contribution in [0.2, 0.25) is 0 Å². The molecule has 0 aliphatic carbocycles. The number of rotatable bonds is 5. The highest BCUT2D eigenvalue weighted by molar-refractivity contribution is 5.88. The number of carbonyl (C=O) groups is 1. The highest BCUT2D eigenvalue weighted by atomic mass is 16.5. The van der Waals surface area contributed by atoms with Crippen molar-refractivity contribution in [2.45, 2.75) is 45.2 Å². The third kappa shape index (κ3) is 4.17. The third-order valence-corrected chi connectivity index (χ3v) is 3.92. The first kappa shape index (κ1) is 15.8. The number of nitrogens with zero attached hydrogens (tertiary/aromatic N) is 2. The number of pyridine rings is 1. The highest BCUT2D eigenvalue weighted by Gasteiger charge is 2.20. The number of nitrogens with one attached hydrogen (secondary N) is 1. The van der Waals surface area contributed by atoms with Crippen LogP contribution in [0.25, 0.3) is 0 Å². The number of esters is 1. The van der Waals surface area contributed by atoms with E-state index in [1.807, 2.05) is 12.1 Å². The second-order valence-corrected chi connectivity index (χ2v) is 5.78. The molecule has 1 aromatic heterocycles. The average Bonchev–Trinajstić information content (AvgIpc) is 2.52. The van der Waals surface area contributed by atoms with Gasteiger partial charge < -0.3 is 15.0 Å². The van der Waals surface area contributed by atoms with Crippen LogP contribution < -0.4 is 10.2 Å². The smallest absolute Gasteiger partial charge is 0.356 e. The van der Waals surface area contributed by atoms with E-state index in [2.05, 4.69) is 29.0 Å². The van der Waals surface area contributed by atoms with Gasteiger partial charge in [-0.25, -0.2) is 9.78 Å². The van der Waals surface area contributed by atoms with E-state index in [1.165, 1.54) is 26.4 Å². The van der Waals surface area contributed by atoms with Gasteiger partial charge in [-0.1, -0.05) is 6.42 Å². The van der Waals surface area contributed by atoms with Gasteiger partial charge in [-0.15, -0.1) is 0 Å². The summed E-state index contributed by atoms with van der Waals surface area (Å²) in [6.07, 6.45) is 5.43. The first-order valence-corrected chi connectivity index (χ1v) is 7.66. The Balaban J connectivity index is 2.15. The standard InChI is InChI=1S/C16H25N3O2/c1-12(2)19(11-13-6-4-5-8-17-13)14-7-9-18-15(10-14)16(20)21-3/h7,9-10,12-13,17H,4-6,8,11H2,1-3H3. The second kappa shape index (κ2) is 7.41. The number of hydrogen-bond acceptors (Lipinski definition) is 5. The van der Waals surface area contributed by atoms with Gasteiger partial charge in [0.25, 0.3) is 0 Å². The van der Waals surface area contributed by atoms with Crippen molar-refractivity contribution in [2.24, 2.45) is 0 Å². The van der Waals surface area contributed by atoms with Crippen molar-refractivity contribution in [3.63, 3.8) is 0 Å². The van der Waals surface area contributed by atoms with Gasteiger partial charge in [0, 0.05) is 30.5 Å². The minimum atomic E-state index is -0.392. The largest absolute Gasteiger partial charge is 0.464 e. The number of carbonyl (C=O) groups excluding carboxylic acids is 1. The molecule has 5 nitrogen and oxygen atoms in total. The van der Waals surface area contributed by atoms with Crippen LogP contribution in [0, 0.1) is 0 Å². The lowest BCUT2D eigenvalue weighted by Gasteiger charge is -2.35. The minimum Gasteiger partial charge on any atom is -0.464 e. The number of ether oxygens (including phenoxy) is 1. The maximum Gasteiger partial charge on any atom is 0.356 e. The lowest BCUT2D eigenvalue weighted by molar-refractivity contribution is 0.0594. The molecule has 1 aromatic rings. The zero-order valence-corrected chi connectivity index (χ0v) is 13.1. The number of anilines is 1. The van der Waals surface area contributed by atoms with Crippen LogP contribution in [0.15, 0.2) is 18.3 Å². The molecule has 5 heteroatoms. The fraction of sp³-hybridized carbons (Fsp3) is 0.625. The zero-order valence-electron chi connectivity index (χ0n) is 13.1. The van der Waals surface area contributed by atoms with Crippen LogP contribution >= 0.6 is 0 Å². The molecule has 0 radical (unpaired) electrons. The number of methoxy groups -OCH3 is 1. The Hall–Kier alpha value is -1.62. The molecule has 1 unspecified atom stereocenters. The van der Waals surface area contributed by atoms with Crippen molar-refractivity contribution < 1.29 is 9.53 Å². The Morgan fingerprint density at radius 2 is 2.33 bits per heavy atom. The average molecular weight is 291 g/mol. The van der Waals surface area contributed by atoms with Gasteiger partial charge in [0.2, 0.25) is 0 Å². The fourth-order valence-electron chi connectivity index (χ4n) is 2.75. The third-order valence-electron chi connectivity index (χ3n) is 3.92. The second-order valence-electron chi connectivity index (χ2n) is 5.78. The van der Waals surface area contributed by atoms with E-state index in [9.17, 15) is 4.79 Å². The molecule has 21 heavy (non-hydrogen) atoms. The van der Waals surface area contributed by atoms with E-state index < -0.39 is 5.97 Å². The van der Waals surface area contributed by atoms with Gasteiger partial charge in [-0.2, -0.15) is 0 Å². The van der Waals surface area contributed by atoms with Crippen molar-refractivity contribution in [1.82, 2.24) is 10.3 Å². The molecule has 1 fully saturated rings. The summed E-state index contributed by atoms with van der Waals surface area (Å²) in [4.78, 5) is 18.0. The van der Waals surface area contributed by atoms with Crippen LogP contribution in [-0.4, -0.2) is 43.2 Å². The summed E-state index contributed by atoms with van der Waals surface area (Å²) in [6, 6.07) is 4.64. The highest BCUT2D eigenvalue weighted by Crippen LogP contribution is 2.20. The Morgan fingerprint density at radius 1 is 1.52 bits per heavy atom. The van der Waals surface area contributed by atoms with E-state index in [-0.39, 0.29) is 0 Å². The summed E-state index contributed by atoms with van der Waals surface area (Å²) < 4.78 is 4.75. The predicted octanol–water partition coefficient (Wildman–Crippen LogP) is 2.23.